The van der Waals surface area contributed by atoms with Crippen molar-refractivity contribution in [1.82, 2.24) is 4.90 Å². The lowest BCUT2D eigenvalue weighted by Gasteiger charge is -2.39. The molecule has 1 N–H and O–H groups in total. The van der Waals surface area contributed by atoms with Crippen LogP contribution in [0.5, 0.6) is 5.75 Å². The lowest BCUT2D eigenvalue weighted by Crippen LogP contribution is -2.48. The summed E-state index contributed by atoms with van der Waals surface area (Å²) >= 11 is 0. The van der Waals surface area contributed by atoms with E-state index in [9.17, 15) is 4.79 Å². The molecular weight excluding hydrogens is 230 g/mol. The fourth-order valence-corrected chi connectivity index (χ4v) is 2.53. The summed E-state index contributed by atoms with van der Waals surface area (Å²) in [5.74, 6) is -0.485. The number of aromatic carboxylic acids is 1. The maximum atomic E-state index is 11.1. The van der Waals surface area contributed by atoms with E-state index >= 15 is 0 Å². The monoisotopic (exact) mass is 249 g/mol. The number of carboxylic acid groups (broad SMARTS) is 1. The summed E-state index contributed by atoms with van der Waals surface area (Å²) in [6.45, 7) is 3.93. The van der Waals surface area contributed by atoms with E-state index in [1.54, 1.807) is 24.3 Å². The van der Waals surface area contributed by atoms with E-state index in [4.69, 9.17) is 9.84 Å². The molecule has 1 saturated heterocycles. The Balaban J connectivity index is 2.20. The van der Waals surface area contributed by atoms with Gasteiger partial charge in [0.25, 0.3) is 0 Å². The Morgan fingerprint density at radius 1 is 1.44 bits per heavy atom. The number of likely N-dealkylation sites (tertiary alicyclic amines) is 1. The van der Waals surface area contributed by atoms with Crippen molar-refractivity contribution in [3.8, 4) is 5.75 Å². The molecule has 1 aromatic carbocycles. The summed E-state index contributed by atoms with van der Waals surface area (Å²) < 4.78 is 5.98. The van der Waals surface area contributed by atoms with Gasteiger partial charge in [-0.1, -0.05) is 12.1 Å². The maximum Gasteiger partial charge on any atom is 0.339 e. The lowest BCUT2D eigenvalue weighted by molar-refractivity contribution is 0.0144. The van der Waals surface area contributed by atoms with E-state index in [0.29, 0.717) is 5.75 Å². The van der Waals surface area contributed by atoms with E-state index < -0.39 is 5.97 Å². The van der Waals surface area contributed by atoms with Gasteiger partial charge in [0.1, 0.15) is 16.9 Å². The van der Waals surface area contributed by atoms with Crippen LogP contribution < -0.4 is 4.74 Å². The quantitative estimate of drug-likeness (QED) is 0.892. The highest BCUT2D eigenvalue weighted by Gasteiger charge is 2.32. The number of hydrogen-bond donors (Lipinski definition) is 1. The number of ether oxygens (including phenoxy) is 1. The molecule has 0 saturated carbocycles. The number of carbonyl (C=O) groups is 1. The first-order valence-electron chi connectivity index (χ1n) is 6.20. The molecule has 0 aliphatic carbocycles. The van der Waals surface area contributed by atoms with Crippen molar-refractivity contribution in [1.29, 1.82) is 0 Å². The molecule has 2 rings (SSSR count). The molecule has 0 radical (unpaired) electrons. The molecule has 4 nitrogen and oxygen atoms in total. The largest absolute Gasteiger partial charge is 0.485 e. The highest BCUT2D eigenvalue weighted by Crippen LogP contribution is 2.29. The van der Waals surface area contributed by atoms with Crippen molar-refractivity contribution in [2.45, 2.75) is 25.4 Å². The van der Waals surface area contributed by atoms with Crippen LogP contribution >= 0.6 is 0 Å². The fraction of sp³-hybridized carbons (Fsp3) is 0.500. The molecule has 1 heterocycles. The van der Waals surface area contributed by atoms with Crippen molar-refractivity contribution in [2.24, 2.45) is 0 Å². The Morgan fingerprint density at radius 3 is 2.83 bits per heavy atom. The first kappa shape index (κ1) is 12.9. The van der Waals surface area contributed by atoms with Crippen molar-refractivity contribution in [3.05, 3.63) is 29.8 Å². The smallest absolute Gasteiger partial charge is 0.339 e. The zero-order chi connectivity index (χ0) is 13.2. The molecule has 1 aromatic rings. The van der Waals surface area contributed by atoms with Gasteiger partial charge in [0.05, 0.1) is 0 Å². The zero-order valence-electron chi connectivity index (χ0n) is 10.8. The van der Waals surface area contributed by atoms with Crippen LogP contribution in [-0.4, -0.2) is 41.7 Å². The van der Waals surface area contributed by atoms with Gasteiger partial charge in [-0.05, 0) is 45.5 Å². The van der Waals surface area contributed by atoms with Crippen LogP contribution in [-0.2, 0) is 0 Å². The van der Waals surface area contributed by atoms with Gasteiger partial charge >= 0.3 is 5.97 Å². The third-order valence-corrected chi connectivity index (χ3v) is 3.32. The van der Waals surface area contributed by atoms with Gasteiger partial charge in [0, 0.05) is 6.54 Å². The van der Waals surface area contributed by atoms with Crippen LogP contribution in [0, 0.1) is 0 Å². The summed E-state index contributed by atoms with van der Waals surface area (Å²) in [6.07, 6.45) is 2.02. The maximum absolute atomic E-state index is 11.1. The molecule has 1 unspecified atom stereocenters. The third kappa shape index (κ3) is 2.82. The SMILES string of the molecule is CN1CCCC(C)(Oc2ccccc2C(=O)O)C1. The summed E-state index contributed by atoms with van der Waals surface area (Å²) in [7, 11) is 2.06. The standard InChI is InChI=1S/C14H19NO3/c1-14(8-5-9-15(2)10-14)18-12-7-4-3-6-11(12)13(16)17/h3-4,6-7H,5,8-10H2,1-2H3,(H,16,17). The van der Waals surface area contributed by atoms with Gasteiger partial charge in [-0.3, -0.25) is 0 Å². The normalized spacial score (nSPS) is 24.8. The van der Waals surface area contributed by atoms with Crippen LogP contribution in [0.3, 0.4) is 0 Å². The number of benzene rings is 1. The molecule has 0 amide bonds. The van der Waals surface area contributed by atoms with E-state index in [1.807, 2.05) is 6.92 Å². The second-order valence-corrected chi connectivity index (χ2v) is 5.19. The minimum Gasteiger partial charge on any atom is -0.485 e. The van der Waals surface area contributed by atoms with Gasteiger partial charge in [-0.15, -0.1) is 0 Å². The average Bonchev–Trinajstić information content (AvgIpc) is 2.28. The number of piperidine rings is 1. The lowest BCUT2D eigenvalue weighted by atomic mass is 9.95. The van der Waals surface area contributed by atoms with Gasteiger partial charge in [0.15, 0.2) is 0 Å². The predicted octanol–water partition coefficient (Wildman–Crippen LogP) is 2.25. The van der Waals surface area contributed by atoms with Crippen molar-refractivity contribution in [2.75, 3.05) is 20.1 Å². The molecule has 98 valence electrons. The topological polar surface area (TPSA) is 49.8 Å². The van der Waals surface area contributed by atoms with Gasteiger partial charge in [-0.25, -0.2) is 4.79 Å². The Hall–Kier alpha value is -1.55. The average molecular weight is 249 g/mol. The number of carboxylic acids is 1. The first-order chi connectivity index (χ1) is 8.50. The van der Waals surface area contributed by atoms with Gasteiger partial charge in [0.2, 0.25) is 0 Å². The number of likely N-dealkylation sites (N-methyl/N-ethyl adjacent to an activating group) is 1. The van der Waals surface area contributed by atoms with Gasteiger partial charge < -0.3 is 14.7 Å². The van der Waals surface area contributed by atoms with Crippen LogP contribution in [0.2, 0.25) is 0 Å². The van der Waals surface area contributed by atoms with Crippen molar-refractivity contribution in [3.63, 3.8) is 0 Å². The van der Waals surface area contributed by atoms with Crippen LogP contribution in [0.4, 0.5) is 0 Å². The molecule has 0 bridgehead atoms. The van der Waals surface area contributed by atoms with E-state index in [2.05, 4.69) is 11.9 Å². The van der Waals surface area contributed by atoms with Crippen LogP contribution in [0.25, 0.3) is 0 Å². The molecule has 1 aliphatic heterocycles. The molecule has 1 atom stereocenters. The van der Waals surface area contributed by atoms with E-state index in [-0.39, 0.29) is 11.2 Å². The zero-order valence-corrected chi connectivity index (χ0v) is 10.8. The number of hydrogen-bond acceptors (Lipinski definition) is 3. The molecule has 0 aromatic heterocycles. The van der Waals surface area contributed by atoms with Gasteiger partial charge in [-0.2, -0.15) is 0 Å². The minimum absolute atomic E-state index is 0.229. The van der Waals surface area contributed by atoms with E-state index in [0.717, 1.165) is 25.9 Å². The number of nitrogens with zero attached hydrogens (tertiary/aromatic N) is 1. The van der Waals surface area contributed by atoms with Crippen molar-refractivity contribution >= 4 is 5.97 Å². The number of rotatable bonds is 3. The second-order valence-electron chi connectivity index (χ2n) is 5.19. The van der Waals surface area contributed by atoms with Crippen LogP contribution in [0.1, 0.15) is 30.1 Å². The highest BCUT2D eigenvalue weighted by atomic mass is 16.5. The van der Waals surface area contributed by atoms with Crippen LogP contribution in [0.15, 0.2) is 24.3 Å². The fourth-order valence-electron chi connectivity index (χ4n) is 2.53. The molecule has 1 aliphatic rings. The third-order valence-electron chi connectivity index (χ3n) is 3.32. The second kappa shape index (κ2) is 4.98. The molecular formula is C14H19NO3. The highest BCUT2D eigenvalue weighted by molar-refractivity contribution is 5.90. The summed E-state index contributed by atoms with van der Waals surface area (Å²) in [6, 6.07) is 6.82. The predicted molar refractivity (Wildman–Crippen MR) is 69.2 cm³/mol. The Morgan fingerprint density at radius 2 is 2.17 bits per heavy atom. The Bertz CT molecular complexity index is 446. The minimum atomic E-state index is -0.946. The number of para-hydroxylation sites is 1. The Labute approximate surface area is 107 Å². The Kier molecular flexibility index (Phi) is 3.57. The summed E-state index contributed by atoms with van der Waals surface area (Å²) in [5, 5.41) is 9.14. The first-order valence-corrected chi connectivity index (χ1v) is 6.20. The van der Waals surface area contributed by atoms with E-state index in [1.165, 1.54) is 0 Å². The molecule has 0 spiro atoms. The molecule has 1 fully saturated rings. The molecule has 18 heavy (non-hydrogen) atoms. The summed E-state index contributed by atoms with van der Waals surface area (Å²) in [5.41, 5.74) is -0.0783. The van der Waals surface area contributed by atoms with Crippen molar-refractivity contribution < 1.29 is 14.6 Å². The summed E-state index contributed by atoms with van der Waals surface area (Å²) in [4.78, 5) is 13.4. The molecule has 4 heteroatoms.